The number of carbonyl (C=O) groups excluding carboxylic acids is 2. The smallest absolute Gasteiger partial charge is 0.266 e. The van der Waals surface area contributed by atoms with E-state index in [-0.39, 0.29) is 11.4 Å². The molecule has 0 radical (unpaired) electrons. The maximum atomic E-state index is 13.0. The van der Waals surface area contributed by atoms with E-state index in [1.54, 1.807) is 42.6 Å². The summed E-state index contributed by atoms with van der Waals surface area (Å²) in [7, 11) is 0. The number of halogens is 1. The standard InChI is InChI=1S/C25H17ClN4O2/c1-14-11-20-21(12-15(14)2)29-23-22(28-20)24(31)30(25(23)32)19-9-7-18(8-10-19)27-13-16-3-5-17(26)6-4-16/h3-13H,1-2H3. The first-order valence-electron chi connectivity index (χ1n) is 9.98. The predicted molar refractivity (Wildman–Crippen MR) is 125 cm³/mol. The molecule has 0 spiro atoms. The minimum atomic E-state index is -0.477. The van der Waals surface area contributed by atoms with E-state index in [1.165, 1.54) is 0 Å². The Morgan fingerprint density at radius 3 is 1.88 bits per heavy atom. The van der Waals surface area contributed by atoms with Crippen molar-refractivity contribution in [1.82, 2.24) is 9.97 Å². The Bertz CT molecular complexity index is 1370. The second-order valence-corrected chi connectivity index (χ2v) is 8.05. The Labute approximate surface area is 189 Å². The lowest BCUT2D eigenvalue weighted by Gasteiger charge is -2.13. The van der Waals surface area contributed by atoms with E-state index in [1.807, 2.05) is 38.1 Å². The number of rotatable bonds is 3. The fraction of sp³-hybridized carbons (Fsp3) is 0.0800. The largest absolute Gasteiger partial charge is 0.286 e. The number of aliphatic imine (C=N–C) groups is 1. The van der Waals surface area contributed by atoms with Gasteiger partial charge in [0.05, 0.1) is 22.4 Å². The Morgan fingerprint density at radius 2 is 1.34 bits per heavy atom. The molecule has 0 aliphatic carbocycles. The summed E-state index contributed by atoms with van der Waals surface area (Å²) in [4.78, 5) is 40.4. The second-order valence-electron chi connectivity index (χ2n) is 7.62. The number of nitrogens with zero attached hydrogens (tertiary/aromatic N) is 4. The van der Waals surface area contributed by atoms with E-state index in [0.29, 0.717) is 27.4 Å². The minimum Gasteiger partial charge on any atom is -0.266 e. The Hall–Kier alpha value is -3.90. The topological polar surface area (TPSA) is 75.5 Å². The van der Waals surface area contributed by atoms with Crippen molar-refractivity contribution in [1.29, 1.82) is 0 Å². The minimum absolute atomic E-state index is 0.0792. The van der Waals surface area contributed by atoms with Crippen LogP contribution in [0.2, 0.25) is 5.02 Å². The number of anilines is 1. The van der Waals surface area contributed by atoms with Crippen LogP contribution < -0.4 is 4.90 Å². The second kappa shape index (κ2) is 7.66. The van der Waals surface area contributed by atoms with Crippen LogP contribution in [0.3, 0.4) is 0 Å². The molecule has 0 unspecified atom stereocenters. The monoisotopic (exact) mass is 440 g/mol. The summed E-state index contributed by atoms with van der Waals surface area (Å²) in [6.45, 7) is 3.94. The molecule has 0 saturated carbocycles. The maximum Gasteiger partial charge on any atom is 0.286 e. The van der Waals surface area contributed by atoms with Gasteiger partial charge in [-0.1, -0.05) is 23.7 Å². The predicted octanol–water partition coefficient (Wildman–Crippen LogP) is 5.45. The van der Waals surface area contributed by atoms with Crippen LogP contribution in [-0.4, -0.2) is 28.0 Å². The summed E-state index contributed by atoms with van der Waals surface area (Å²) < 4.78 is 0. The number of aryl methyl sites for hydroxylation is 2. The number of amides is 2. The fourth-order valence-electron chi connectivity index (χ4n) is 3.53. The first kappa shape index (κ1) is 20.0. The van der Waals surface area contributed by atoms with Gasteiger partial charge in [-0.05, 0) is 79.1 Å². The molecule has 5 rings (SSSR count). The third-order valence-corrected chi connectivity index (χ3v) is 5.68. The normalized spacial score (nSPS) is 13.4. The van der Waals surface area contributed by atoms with Gasteiger partial charge in [0.1, 0.15) is 0 Å². The first-order chi connectivity index (χ1) is 15.4. The molecule has 7 heteroatoms. The molecule has 2 amide bonds. The van der Waals surface area contributed by atoms with E-state index in [2.05, 4.69) is 15.0 Å². The van der Waals surface area contributed by atoms with Gasteiger partial charge in [-0.15, -0.1) is 0 Å². The molecule has 6 nitrogen and oxygen atoms in total. The maximum absolute atomic E-state index is 13.0. The van der Waals surface area contributed by atoms with Crippen molar-refractivity contribution >= 4 is 52.0 Å². The van der Waals surface area contributed by atoms with E-state index in [4.69, 9.17) is 11.6 Å². The van der Waals surface area contributed by atoms with Crippen LogP contribution >= 0.6 is 11.6 Å². The Morgan fingerprint density at radius 1 is 0.812 bits per heavy atom. The number of hydrogen-bond donors (Lipinski definition) is 0. The van der Waals surface area contributed by atoms with Crippen LogP contribution in [0.5, 0.6) is 0 Å². The Balaban J connectivity index is 1.44. The average Bonchev–Trinajstić information content (AvgIpc) is 3.02. The molecule has 156 valence electrons. The first-order valence-corrected chi connectivity index (χ1v) is 10.4. The van der Waals surface area contributed by atoms with Crippen molar-refractivity contribution in [2.75, 3.05) is 4.90 Å². The number of fused-ring (bicyclic) bond motifs is 2. The Kier molecular flexibility index (Phi) is 4.79. The number of benzene rings is 3. The van der Waals surface area contributed by atoms with Crippen molar-refractivity contribution in [3.8, 4) is 0 Å². The van der Waals surface area contributed by atoms with E-state index < -0.39 is 11.8 Å². The van der Waals surface area contributed by atoms with Crippen LogP contribution in [0.1, 0.15) is 37.7 Å². The number of aromatic nitrogens is 2. The van der Waals surface area contributed by atoms with Gasteiger partial charge in [0.2, 0.25) is 0 Å². The zero-order valence-corrected chi connectivity index (χ0v) is 18.1. The van der Waals surface area contributed by atoms with Crippen molar-refractivity contribution in [2.24, 2.45) is 4.99 Å². The van der Waals surface area contributed by atoms with Crippen molar-refractivity contribution < 1.29 is 9.59 Å². The third-order valence-electron chi connectivity index (χ3n) is 5.43. The molecule has 3 aromatic carbocycles. The third kappa shape index (κ3) is 3.44. The quantitative estimate of drug-likeness (QED) is 0.313. The molecule has 0 fully saturated rings. The highest BCUT2D eigenvalue weighted by molar-refractivity contribution is 6.33. The van der Waals surface area contributed by atoms with Gasteiger partial charge in [-0.25, -0.2) is 14.9 Å². The summed E-state index contributed by atoms with van der Waals surface area (Å²) in [6.07, 6.45) is 1.72. The van der Waals surface area contributed by atoms with Gasteiger partial charge in [0.15, 0.2) is 11.4 Å². The van der Waals surface area contributed by atoms with Crippen molar-refractivity contribution in [3.63, 3.8) is 0 Å². The summed E-state index contributed by atoms with van der Waals surface area (Å²) in [6, 6.07) is 17.9. The van der Waals surface area contributed by atoms with Crippen molar-refractivity contribution in [3.05, 3.63) is 93.8 Å². The average molecular weight is 441 g/mol. The van der Waals surface area contributed by atoms with Gasteiger partial charge >= 0.3 is 0 Å². The molecule has 0 N–H and O–H groups in total. The molecule has 1 aliphatic rings. The molecule has 0 atom stereocenters. The van der Waals surface area contributed by atoms with Crippen LogP contribution in [0.15, 0.2) is 65.7 Å². The molecule has 1 aliphatic heterocycles. The molecule has 0 bridgehead atoms. The van der Waals surface area contributed by atoms with Gasteiger partial charge in [0, 0.05) is 11.2 Å². The highest BCUT2D eigenvalue weighted by Gasteiger charge is 2.40. The lowest BCUT2D eigenvalue weighted by atomic mass is 10.1. The van der Waals surface area contributed by atoms with Gasteiger partial charge in [-0.3, -0.25) is 14.6 Å². The lowest BCUT2D eigenvalue weighted by Crippen LogP contribution is -2.29. The molecular formula is C25H17ClN4O2. The summed E-state index contributed by atoms with van der Waals surface area (Å²) in [5, 5.41) is 0.662. The van der Waals surface area contributed by atoms with E-state index >= 15 is 0 Å². The molecule has 2 heterocycles. The molecular weight excluding hydrogens is 424 g/mol. The highest BCUT2D eigenvalue weighted by atomic mass is 35.5. The van der Waals surface area contributed by atoms with Crippen LogP contribution in [-0.2, 0) is 0 Å². The summed E-state index contributed by atoms with van der Waals surface area (Å²) in [5.74, 6) is -0.954. The van der Waals surface area contributed by atoms with Gasteiger partial charge in [0.25, 0.3) is 11.8 Å². The number of carbonyl (C=O) groups is 2. The zero-order valence-electron chi connectivity index (χ0n) is 17.3. The number of imide groups is 1. The zero-order chi connectivity index (χ0) is 22.4. The van der Waals surface area contributed by atoms with E-state index in [9.17, 15) is 9.59 Å². The molecule has 1 aromatic heterocycles. The van der Waals surface area contributed by atoms with Gasteiger partial charge in [-0.2, -0.15) is 0 Å². The van der Waals surface area contributed by atoms with Crippen LogP contribution in [0.25, 0.3) is 11.0 Å². The van der Waals surface area contributed by atoms with E-state index in [0.717, 1.165) is 21.6 Å². The van der Waals surface area contributed by atoms with Crippen molar-refractivity contribution in [2.45, 2.75) is 13.8 Å². The molecule has 32 heavy (non-hydrogen) atoms. The summed E-state index contributed by atoms with van der Waals surface area (Å²) in [5.41, 5.74) is 5.50. The molecule has 4 aromatic rings. The lowest BCUT2D eigenvalue weighted by molar-refractivity contribution is 0.0923. The SMILES string of the molecule is Cc1cc2nc3c(nc2cc1C)C(=O)N(c1ccc(N=Cc2ccc(Cl)cc2)cc1)C3=O. The van der Waals surface area contributed by atoms with Gasteiger partial charge < -0.3 is 0 Å². The van der Waals surface area contributed by atoms with Crippen LogP contribution in [0.4, 0.5) is 11.4 Å². The summed E-state index contributed by atoms with van der Waals surface area (Å²) >= 11 is 5.90. The highest BCUT2D eigenvalue weighted by Crippen LogP contribution is 2.29. The number of hydrogen-bond acceptors (Lipinski definition) is 5. The fourth-order valence-corrected chi connectivity index (χ4v) is 3.66. The van der Waals surface area contributed by atoms with Crippen LogP contribution in [0, 0.1) is 13.8 Å². The molecule has 0 saturated heterocycles.